The van der Waals surface area contributed by atoms with Crippen LogP contribution in [0.5, 0.6) is 0 Å². The summed E-state index contributed by atoms with van der Waals surface area (Å²) in [5.41, 5.74) is 0.364. The Morgan fingerprint density at radius 3 is 2.40 bits per heavy atom. The molecule has 2 fully saturated rings. The van der Waals surface area contributed by atoms with Gasteiger partial charge in [-0.05, 0) is 18.4 Å². The average molecular weight is 281 g/mol. The largest absolute Gasteiger partial charge is 0.355 e. The molecule has 0 aliphatic carbocycles. The lowest BCUT2D eigenvalue weighted by molar-refractivity contribution is -0.137. The maximum absolute atomic E-state index is 12.3. The summed E-state index contributed by atoms with van der Waals surface area (Å²) in [4.78, 5) is 27.8. The number of amides is 2. The molecule has 2 aliphatic rings. The van der Waals surface area contributed by atoms with E-state index in [0.717, 1.165) is 32.7 Å². The predicted octanol–water partition coefficient (Wildman–Crippen LogP) is 0.703. The Morgan fingerprint density at radius 2 is 1.90 bits per heavy atom. The van der Waals surface area contributed by atoms with E-state index in [1.165, 1.54) is 6.42 Å². The van der Waals surface area contributed by atoms with E-state index in [2.05, 4.69) is 31.0 Å². The second-order valence-electron chi connectivity index (χ2n) is 7.18. The highest BCUT2D eigenvalue weighted by Crippen LogP contribution is 2.20. The first-order valence-electron chi connectivity index (χ1n) is 7.63. The second-order valence-corrected chi connectivity index (χ2v) is 7.18. The lowest BCUT2D eigenvalue weighted by Gasteiger charge is -2.36. The fraction of sp³-hybridized carbons (Fsp3) is 0.867. The highest BCUT2D eigenvalue weighted by atomic mass is 16.2. The third-order valence-electron chi connectivity index (χ3n) is 4.19. The van der Waals surface area contributed by atoms with E-state index in [1.54, 1.807) is 0 Å². The summed E-state index contributed by atoms with van der Waals surface area (Å²) >= 11 is 0. The number of hydrogen-bond acceptors (Lipinski definition) is 3. The quantitative estimate of drug-likeness (QED) is 0.828. The van der Waals surface area contributed by atoms with E-state index in [1.807, 2.05) is 4.90 Å². The average Bonchev–Trinajstić information content (AvgIpc) is 2.82. The Labute approximate surface area is 121 Å². The zero-order valence-corrected chi connectivity index (χ0v) is 12.9. The Bertz CT molecular complexity index is 368. The number of hydrogen-bond donors (Lipinski definition) is 1. The van der Waals surface area contributed by atoms with E-state index in [-0.39, 0.29) is 17.7 Å². The summed E-state index contributed by atoms with van der Waals surface area (Å²) in [5.74, 6) is 0.0228. The normalized spacial score (nSPS) is 24.9. The van der Waals surface area contributed by atoms with Crippen LogP contribution in [-0.2, 0) is 9.59 Å². The minimum absolute atomic E-state index is 0.00663. The van der Waals surface area contributed by atoms with Gasteiger partial charge in [0.15, 0.2) is 0 Å². The minimum atomic E-state index is -0.136. The molecular formula is C15H27N3O2. The molecule has 1 atom stereocenters. The molecule has 5 nitrogen and oxygen atoms in total. The maximum Gasteiger partial charge on any atom is 0.228 e. The zero-order chi connectivity index (χ0) is 14.8. The lowest BCUT2D eigenvalue weighted by atomic mass is 9.92. The molecule has 5 heteroatoms. The molecule has 2 amide bonds. The Hall–Kier alpha value is -1.10. The smallest absolute Gasteiger partial charge is 0.228 e. The van der Waals surface area contributed by atoms with Crippen molar-refractivity contribution in [3.05, 3.63) is 0 Å². The highest BCUT2D eigenvalue weighted by molar-refractivity contribution is 5.89. The number of carbonyl (C=O) groups excluding carboxylic acids is 2. The topological polar surface area (TPSA) is 52.6 Å². The zero-order valence-electron chi connectivity index (χ0n) is 12.9. The Morgan fingerprint density at radius 1 is 1.25 bits per heavy atom. The predicted molar refractivity (Wildman–Crippen MR) is 78.2 cm³/mol. The molecule has 114 valence electrons. The van der Waals surface area contributed by atoms with Crippen LogP contribution in [0.4, 0.5) is 0 Å². The van der Waals surface area contributed by atoms with E-state index in [4.69, 9.17) is 0 Å². The molecule has 20 heavy (non-hydrogen) atoms. The molecule has 0 aromatic rings. The number of rotatable bonds is 3. The van der Waals surface area contributed by atoms with E-state index in [9.17, 15) is 9.59 Å². The van der Waals surface area contributed by atoms with Crippen LogP contribution in [0.3, 0.4) is 0 Å². The van der Waals surface area contributed by atoms with Gasteiger partial charge in [0.05, 0.1) is 5.92 Å². The first-order valence-corrected chi connectivity index (χ1v) is 7.63. The third kappa shape index (κ3) is 4.20. The van der Waals surface area contributed by atoms with Gasteiger partial charge < -0.3 is 10.2 Å². The molecule has 0 aromatic carbocycles. The summed E-state index contributed by atoms with van der Waals surface area (Å²) in [5, 5.41) is 2.74. The lowest BCUT2D eigenvalue weighted by Crippen LogP contribution is -2.51. The van der Waals surface area contributed by atoms with Crippen molar-refractivity contribution in [2.75, 3.05) is 39.3 Å². The van der Waals surface area contributed by atoms with Crippen LogP contribution in [0, 0.1) is 11.3 Å². The summed E-state index contributed by atoms with van der Waals surface area (Å²) in [7, 11) is 0. The van der Waals surface area contributed by atoms with E-state index < -0.39 is 0 Å². The minimum Gasteiger partial charge on any atom is -0.355 e. The van der Waals surface area contributed by atoms with Gasteiger partial charge in [-0.25, -0.2) is 0 Å². The number of piperazine rings is 1. The van der Waals surface area contributed by atoms with Gasteiger partial charge in [0.25, 0.3) is 0 Å². The molecule has 0 bridgehead atoms. The van der Waals surface area contributed by atoms with Crippen molar-refractivity contribution in [2.45, 2.75) is 33.6 Å². The van der Waals surface area contributed by atoms with Crippen LogP contribution in [0.25, 0.3) is 0 Å². The fourth-order valence-corrected chi connectivity index (χ4v) is 2.72. The molecule has 0 radical (unpaired) electrons. The molecule has 1 unspecified atom stereocenters. The molecule has 1 N–H and O–H groups in total. The van der Waals surface area contributed by atoms with Crippen LogP contribution in [-0.4, -0.2) is 60.9 Å². The van der Waals surface area contributed by atoms with Gasteiger partial charge in [0, 0.05) is 39.1 Å². The van der Waals surface area contributed by atoms with Crippen molar-refractivity contribution in [1.29, 1.82) is 0 Å². The summed E-state index contributed by atoms with van der Waals surface area (Å²) in [6.45, 7) is 11.9. The van der Waals surface area contributed by atoms with Crippen LogP contribution in [0.2, 0.25) is 0 Å². The van der Waals surface area contributed by atoms with Crippen molar-refractivity contribution in [2.24, 2.45) is 11.3 Å². The fourth-order valence-electron chi connectivity index (χ4n) is 2.72. The van der Waals surface area contributed by atoms with Gasteiger partial charge in [-0.1, -0.05) is 20.8 Å². The SMILES string of the molecule is CC(C)(C)CCN1CCN(C(=O)C2CNC(=O)C2)CC1. The van der Waals surface area contributed by atoms with Crippen LogP contribution >= 0.6 is 0 Å². The monoisotopic (exact) mass is 281 g/mol. The third-order valence-corrected chi connectivity index (χ3v) is 4.19. The number of nitrogens with zero attached hydrogens (tertiary/aromatic N) is 2. The first kappa shape index (κ1) is 15.3. The molecule has 0 saturated carbocycles. The first-order chi connectivity index (χ1) is 9.35. The van der Waals surface area contributed by atoms with Crippen molar-refractivity contribution >= 4 is 11.8 Å². The maximum atomic E-state index is 12.3. The molecule has 0 aromatic heterocycles. The molecule has 2 saturated heterocycles. The number of nitrogens with one attached hydrogen (secondary N) is 1. The highest BCUT2D eigenvalue weighted by Gasteiger charge is 2.32. The van der Waals surface area contributed by atoms with Crippen LogP contribution in [0.15, 0.2) is 0 Å². The van der Waals surface area contributed by atoms with Gasteiger partial charge in [-0.15, -0.1) is 0 Å². The van der Waals surface area contributed by atoms with Gasteiger partial charge in [0.1, 0.15) is 0 Å². The number of carbonyl (C=O) groups is 2. The van der Waals surface area contributed by atoms with Gasteiger partial charge in [-0.3, -0.25) is 14.5 Å². The van der Waals surface area contributed by atoms with Crippen LogP contribution in [0.1, 0.15) is 33.6 Å². The Kier molecular flexibility index (Phi) is 4.68. The van der Waals surface area contributed by atoms with Gasteiger partial charge in [-0.2, -0.15) is 0 Å². The Balaban J connectivity index is 1.74. The van der Waals surface area contributed by atoms with E-state index >= 15 is 0 Å². The summed E-state index contributed by atoms with van der Waals surface area (Å²) < 4.78 is 0. The van der Waals surface area contributed by atoms with Crippen molar-refractivity contribution < 1.29 is 9.59 Å². The molecular weight excluding hydrogens is 254 g/mol. The molecule has 2 rings (SSSR count). The van der Waals surface area contributed by atoms with E-state index in [0.29, 0.717) is 18.4 Å². The van der Waals surface area contributed by atoms with Crippen molar-refractivity contribution in [3.63, 3.8) is 0 Å². The molecule has 0 spiro atoms. The van der Waals surface area contributed by atoms with Crippen molar-refractivity contribution in [1.82, 2.24) is 15.1 Å². The summed E-state index contributed by atoms with van der Waals surface area (Å²) in [6, 6.07) is 0. The second kappa shape index (κ2) is 6.12. The summed E-state index contributed by atoms with van der Waals surface area (Å²) in [6.07, 6.45) is 1.55. The molecule has 2 aliphatic heterocycles. The van der Waals surface area contributed by atoms with Gasteiger partial charge in [0.2, 0.25) is 11.8 Å². The van der Waals surface area contributed by atoms with Gasteiger partial charge >= 0.3 is 0 Å². The van der Waals surface area contributed by atoms with Crippen LogP contribution < -0.4 is 5.32 Å². The molecule has 2 heterocycles. The standard InChI is InChI=1S/C15H27N3O2/c1-15(2,3)4-5-17-6-8-18(9-7-17)14(20)12-10-13(19)16-11-12/h12H,4-11H2,1-3H3,(H,16,19). The van der Waals surface area contributed by atoms with Crippen molar-refractivity contribution in [3.8, 4) is 0 Å².